The Balaban J connectivity index is 1.79. The number of hydrogen-bond donors (Lipinski definition) is 0. The van der Waals surface area contributed by atoms with Crippen LogP contribution < -0.4 is 0 Å². The molecule has 2 atom stereocenters. The summed E-state index contributed by atoms with van der Waals surface area (Å²) in [7, 11) is 0. The number of rotatable bonds is 1. The molecule has 3 aliphatic rings. The Labute approximate surface area is 125 Å². The summed E-state index contributed by atoms with van der Waals surface area (Å²) in [5.74, 6) is 0.575. The molecule has 0 heteroatoms. The fraction of sp³-hybridized carbons (Fsp3) is 0.238. The van der Waals surface area contributed by atoms with E-state index in [2.05, 4.69) is 61.2 Å². The van der Waals surface area contributed by atoms with E-state index in [0.717, 1.165) is 0 Å². The standard InChI is InChI=1S/C21H18/c1-14-16-12-20(21(13-16)11-5-10-19(14)21)18-9-4-7-15-6-2-3-8-17(15)18/h2-4,6-10,12,16H,1,5,11,13H2/t16?,21-/m0/s1. The van der Waals surface area contributed by atoms with Crippen LogP contribution in [-0.4, -0.2) is 0 Å². The molecule has 1 saturated carbocycles. The maximum absolute atomic E-state index is 4.35. The second kappa shape index (κ2) is 3.76. The van der Waals surface area contributed by atoms with Crippen LogP contribution in [0.4, 0.5) is 0 Å². The van der Waals surface area contributed by atoms with E-state index in [1.54, 1.807) is 11.1 Å². The molecule has 0 radical (unpaired) electrons. The van der Waals surface area contributed by atoms with Crippen molar-refractivity contribution in [3.05, 3.63) is 77.9 Å². The molecule has 1 spiro atoms. The maximum Gasteiger partial charge on any atom is 0.0217 e. The SMILES string of the molecule is C=C1C2=CCC[C@]23CC1C=C3c1cccc2ccccc12. The Kier molecular flexibility index (Phi) is 2.07. The molecule has 0 aromatic heterocycles. The lowest BCUT2D eigenvalue weighted by atomic mass is 9.73. The lowest BCUT2D eigenvalue weighted by molar-refractivity contribution is 0.482. The van der Waals surface area contributed by atoms with Crippen LogP contribution in [0.25, 0.3) is 16.3 Å². The third-order valence-electron chi connectivity index (χ3n) is 5.76. The predicted octanol–water partition coefficient (Wildman–Crippen LogP) is 5.52. The molecule has 0 amide bonds. The Morgan fingerprint density at radius 1 is 1.00 bits per heavy atom. The van der Waals surface area contributed by atoms with E-state index in [4.69, 9.17) is 0 Å². The maximum atomic E-state index is 4.35. The summed E-state index contributed by atoms with van der Waals surface area (Å²) in [5, 5.41) is 2.74. The Hall–Kier alpha value is -2.08. The third-order valence-corrected chi connectivity index (χ3v) is 5.76. The second-order valence-electron chi connectivity index (χ2n) is 6.68. The molecule has 0 aliphatic heterocycles. The van der Waals surface area contributed by atoms with Gasteiger partial charge in [0.05, 0.1) is 0 Å². The first-order chi connectivity index (χ1) is 10.3. The van der Waals surface area contributed by atoms with Crippen molar-refractivity contribution in [1.82, 2.24) is 0 Å². The zero-order chi connectivity index (χ0) is 14.0. The van der Waals surface area contributed by atoms with Gasteiger partial charge in [0.2, 0.25) is 0 Å². The van der Waals surface area contributed by atoms with Crippen molar-refractivity contribution in [3.8, 4) is 0 Å². The van der Waals surface area contributed by atoms with Crippen LogP contribution in [0.15, 0.2) is 72.3 Å². The van der Waals surface area contributed by atoms with Crippen molar-refractivity contribution in [3.63, 3.8) is 0 Å². The van der Waals surface area contributed by atoms with Gasteiger partial charge in [-0.25, -0.2) is 0 Å². The monoisotopic (exact) mass is 270 g/mol. The molecule has 0 saturated heterocycles. The van der Waals surface area contributed by atoms with Gasteiger partial charge in [-0.3, -0.25) is 0 Å². The minimum Gasteiger partial charge on any atom is -0.0949 e. The summed E-state index contributed by atoms with van der Waals surface area (Å²) in [5.41, 5.74) is 6.23. The van der Waals surface area contributed by atoms with Crippen LogP contribution in [0.3, 0.4) is 0 Å². The van der Waals surface area contributed by atoms with Crippen molar-refractivity contribution < 1.29 is 0 Å². The fourth-order valence-corrected chi connectivity index (χ4v) is 4.86. The van der Waals surface area contributed by atoms with Crippen LogP contribution in [0.2, 0.25) is 0 Å². The van der Waals surface area contributed by atoms with E-state index in [1.807, 2.05) is 0 Å². The lowest BCUT2D eigenvalue weighted by Crippen LogP contribution is -2.16. The average molecular weight is 270 g/mol. The van der Waals surface area contributed by atoms with Crippen molar-refractivity contribution in [2.45, 2.75) is 19.3 Å². The van der Waals surface area contributed by atoms with Gasteiger partial charge in [-0.15, -0.1) is 0 Å². The molecule has 0 N–H and O–H groups in total. The highest BCUT2D eigenvalue weighted by molar-refractivity contribution is 5.97. The Morgan fingerprint density at radius 3 is 2.81 bits per heavy atom. The number of benzene rings is 2. The van der Waals surface area contributed by atoms with Crippen LogP contribution in [0, 0.1) is 11.3 Å². The van der Waals surface area contributed by atoms with Crippen molar-refractivity contribution in [1.29, 1.82) is 0 Å². The molecule has 3 aliphatic carbocycles. The van der Waals surface area contributed by atoms with Crippen LogP contribution >= 0.6 is 0 Å². The summed E-state index contributed by atoms with van der Waals surface area (Å²) in [6.45, 7) is 4.35. The molecule has 21 heavy (non-hydrogen) atoms. The van der Waals surface area contributed by atoms with Crippen molar-refractivity contribution in [2.75, 3.05) is 0 Å². The van der Waals surface area contributed by atoms with Gasteiger partial charge < -0.3 is 0 Å². The zero-order valence-electron chi connectivity index (χ0n) is 12.1. The van der Waals surface area contributed by atoms with E-state index in [-0.39, 0.29) is 5.41 Å². The second-order valence-corrected chi connectivity index (χ2v) is 6.68. The summed E-state index contributed by atoms with van der Waals surface area (Å²) < 4.78 is 0. The van der Waals surface area contributed by atoms with Crippen LogP contribution in [0.1, 0.15) is 24.8 Å². The van der Waals surface area contributed by atoms with Crippen LogP contribution in [-0.2, 0) is 0 Å². The lowest BCUT2D eigenvalue weighted by Gasteiger charge is -2.30. The predicted molar refractivity (Wildman–Crippen MR) is 88.9 cm³/mol. The van der Waals surface area contributed by atoms with E-state index >= 15 is 0 Å². The molecule has 2 aromatic carbocycles. The van der Waals surface area contributed by atoms with E-state index < -0.39 is 0 Å². The highest BCUT2D eigenvalue weighted by atomic mass is 14.6. The van der Waals surface area contributed by atoms with Gasteiger partial charge >= 0.3 is 0 Å². The topological polar surface area (TPSA) is 0 Å². The number of fused-ring (bicyclic) bond motifs is 2. The molecule has 2 aromatic rings. The van der Waals surface area contributed by atoms with E-state index in [9.17, 15) is 0 Å². The van der Waals surface area contributed by atoms with Gasteiger partial charge in [0.15, 0.2) is 0 Å². The van der Waals surface area contributed by atoms with Crippen molar-refractivity contribution >= 4 is 16.3 Å². The van der Waals surface area contributed by atoms with Crippen molar-refractivity contribution in [2.24, 2.45) is 11.3 Å². The largest absolute Gasteiger partial charge is 0.0949 e. The first-order valence-corrected chi connectivity index (χ1v) is 7.90. The smallest absolute Gasteiger partial charge is 0.0217 e. The summed E-state index contributed by atoms with van der Waals surface area (Å²) in [6.07, 6.45) is 8.69. The minimum atomic E-state index is 0.284. The Morgan fingerprint density at radius 2 is 1.86 bits per heavy atom. The van der Waals surface area contributed by atoms with Gasteiger partial charge in [0.25, 0.3) is 0 Å². The summed E-state index contributed by atoms with van der Waals surface area (Å²) >= 11 is 0. The molecular weight excluding hydrogens is 252 g/mol. The quantitative estimate of drug-likeness (QED) is 0.640. The molecule has 5 rings (SSSR count). The minimum absolute atomic E-state index is 0.284. The average Bonchev–Trinajstić information content (AvgIpc) is 3.17. The number of hydrogen-bond acceptors (Lipinski definition) is 0. The molecule has 0 heterocycles. The van der Waals surface area contributed by atoms with Crippen LogP contribution in [0.5, 0.6) is 0 Å². The summed E-state index contributed by atoms with van der Waals surface area (Å²) in [4.78, 5) is 0. The highest BCUT2D eigenvalue weighted by Crippen LogP contribution is 2.67. The van der Waals surface area contributed by atoms with Gasteiger partial charge in [-0.2, -0.15) is 0 Å². The first kappa shape index (κ1) is 11.6. The number of allylic oxidation sites excluding steroid dienone is 5. The highest BCUT2D eigenvalue weighted by Gasteiger charge is 2.53. The zero-order valence-corrected chi connectivity index (χ0v) is 12.1. The first-order valence-electron chi connectivity index (χ1n) is 7.90. The fourth-order valence-electron chi connectivity index (χ4n) is 4.86. The summed E-state index contributed by atoms with van der Waals surface area (Å²) in [6, 6.07) is 15.5. The van der Waals surface area contributed by atoms with E-state index in [1.165, 1.54) is 41.2 Å². The molecule has 1 fully saturated rings. The molecule has 1 unspecified atom stereocenters. The molecule has 102 valence electrons. The normalized spacial score (nSPS) is 29.7. The molecule has 0 nitrogen and oxygen atoms in total. The van der Waals surface area contributed by atoms with Gasteiger partial charge in [0.1, 0.15) is 0 Å². The van der Waals surface area contributed by atoms with Gasteiger partial charge in [-0.05, 0) is 52.3 Å². The third kappa shape index (κ3) is 1.31. The molecule has 2 bridgehead atoms. The molecular formula is C21H18. The Bertz CT molecular complexity index is 844. The van der Waals surface area contributed by atoms with Gasteiger partial charge in [0, 0.05) is 11.3 Å². The van der Waals surface area contributed by atoms with E-state index in [0.29, 0.717) is 5.92 Å². The van der Waals surface area contributed by atoms with Gasteiger partial charge in [-0.1, -0.05) is 61.2 Å².